The highest BCUT2D eigenvalue weighted by molar-refractivity contribution is 5.84. The van der Waals surface area contributed by atoms with Gasteiger partial charge in [-0.2, -0.15) is 0 Å². The van der Waals surface area contributed by atoms with Crippen LogP contribution in [0.25, 0.3) is 0 Å². The van der Waals surface area contributed by atoms with Gasteiger partial charge in [0.25, 0.3) is 5.69 Å². The minimum absolute atomic E-state index is 0.286. The Kier molecular flexibility index (Phi) is 4.77. The lowest BCUT2D eigenvalue weighted by molar-refractivity contribution is -0.402. The third-order valence-electron chi connectivity index (χ3n) is 3.42. The fourth-order valence-corrected chi connectivity index (χ4v) is 2.27. The number of anilines is 2. The van der Waals surface area contributed by atoms with Crippen molar-refractivity contribution in [2.75, 3.05) is 12.4 Å². The fourth-order valence-electron chi connectivity index (χ4n) is 2.27. The quantitative estimate of drug-likeness (QED) is 0.615. The minimum Gasteiger partial charge on any atom is -0.497 e. The van der Waals surface area contributed by atoms with Crippen molar-refractivity contribution in [3.05, 3.63) is 66.2 Å². The van der Waals surface area contributed by atoms with Crippen LogP contribution >= 0.6 is 0 Å². The van der Waals surface area contributed by atoms with Gasteiger partial charge in [-0.05, 0) is 19.1 Å². The summed E-state index contributed by atoms with van der Waals surface area (Å²) in [5.74, 6) is 0.425. The Morgan fingerprint density at radius 1 is 0.960 bits per heavy atom. The molecule has 11 heteroatoms. The summed E-state index contributed by atoms with van der Waals surface area (Å²) in [5.41, 5.74) is -2.64. The Balaban J connectivity index is 2.73. The van der Waals surface area contributed by atoms with Crippen LogP contribution in [0.1, 0.15) is 5.56 Å². The lowest BCUT2D eigenvalue weighted by atomic mass is 10.1. The van der Waals surface area contributed by atoms with E-state index in [1.807, 2.05) is 0 Å². The third kappa shape index (κ3) is 3.44. The van der Waals surface area contributed by atoms with Gasteiger partial charge < -0.3 is 10.1 Å². The highest BCUT2D eigenvalue weighted by Gasteiger charge is 2.34. The molecule has 2 aromatic carbocycles. The zero-order valence-corrected chi connectivity index (χ0v) is 13.1. The molecule has 0 aliphatic carbocycles. The van der Waals surface area contributed by atoms with Gasteiger partial charge in [0.15, 0.2) is 5.69 Å². The molecule has 0 bridgehead atoms. The standard InChI is InChI=1S/C14H12N4O7/c1-8-11(16(19)20)7-12(17(21)22)13(14(8)18(23)24)15-9-4-3-5-10(6-9)25-2/h3-7,15H,1-2H3. The maximum absolute atomic E-state index is 11.4. The van der Waals surface area contributed by atoms with Crippen molar-refractivity contribution in [1.29, 1.82) is 0 Å². The van der Waals surface area contributed by atoms with Gasteiger partial charge in [-0.3, -0.25) is 30.3 Å². The highest BCUT2D eigenvalue weighted by Crippen LogP contribution is 2.43. The molecule has 0 saturated heterocycles. The summed E-state index contributed by atoms with van der Waals surface area (Å²) in [6.45, 7) is 1.16. The number of nitro benzene ring substituents is 3. The van der Waals surface area contributed by atoms with E-state index in [2.05, 4.69) is 5.32 Å². The van der Waals surface area contributed by atoms with Crippen molar-refractivity contribution in [2.24, 2.45) is 0 Å². The summed E-state index contributed by atoms with van der Waals surface area (Å²) in [7, 11) is 1.42. The molecule has 130 valence electrons. The van der Waals surface area contributed by atoms with E-state index < -0.39 is 37.5 Å². The lowest BCUT2D eigenvalue weighted by Gasteiger charge is -2.10. The topological polar surface area (TPSA) is 151 Å². The van der Waals surface area contributed by atoms with Crippen molar-refractivity contribution in [1.82, 2.24) is 0 Å². The summed E-state index contributed by atoms with van der Waals surface area (Å²) in [5, 5.41) is 36.3. The summed E-state index contributed by atoms with van der Waals surface area (Å²) >= 11 is 0. The molecule has 0 aliphatic heterocycles. The van der Waals surface area contributed by atoms with Crippen molar-refractivity contribution in [3.63, 3.8) is 0 Å². The molecule has 0 saturated carbocycles. The average molecular weight is 348 g/mol. The van der Waals surface area contributed by atoms with Crippen LogP contribution in [0, 0.1) is 37.3 Å². The third-order valence-corrected chi connectivity index (χ3v) is 3.42. The number of hydrogen-bond acceptors (Lipinski definition) is 8. The van der Waals surface area contributed by atoms with Gasteiger partial charge >= 0.3 is 11.4 Å². The van der Waals surface area contributed by atoms with Crippen LogP contribution in [-0.4, -0.2) is 21.9 Å². The second-order valence-corrected chi connectivity index (χ2v) is 4.89. The van der Waals surface area contributed by atoms with Gasteiger partial charge in [-0.25, -0.2) is 0 Å². The number of nitrogens with zero attached hydrogens (tertiary/aromatic N) is 3. The molecular weight excluding hydrogens is 336 g/mol. The van der Waals surface area contributed by atoms with Gasteiger partial charge in [0.1, 0.15) is 11.3 Å². The molecule has 0 aromatic heterocycles. The molecule has 0 aliphatic rings. The van der Waals surface area contributed by atoms with E-state index in [1.54, 1.807) is 12.1 Å². The van der Waals surface area contributed by atoms with Gasteiger partial charge in [0.2, 0.25) is 0 Å². The molecule has 25 heavy (non-hydrogen) atoms. The number of methoxy groups -OCH3 is 1. The largest absolute Gasteiger partial charge is 0.497 e. The molecule has 0 amide bonds. The van der Waals surface area contributed by atoms with Crippen molar-refractivity contribution in [2.45, 2.75) is 6.92 Å². The normalized spacial score (nSPS) is 10.2. The summed E-state index contributed by atoms with van der Waals surface area (Å²) < 4.78 is 5.03. The molecule has 1 N–H and O–H groups in total. The zero-order valence-electron chi connectivity index (χ0n) is 13.1. The first-order valence-corrected chi connectivity index (χ1v) is 6.78. The van der Waals surface area contributed by atoms with Crippen LogP contribution in [0.5, 0.6) is 5.75 Å². The molecule has 0 spiro atoms. The molecule has 0 atom stereocenters. The van der Waals surface area contributed by atoms with Gasteiger partial charge in [0.05, 0.1) is 27.9 Å². The van der Waals surface area contributed by atoms with Crippen LogP contribution < -0.4 is 10.1 Å². The second-order valence-electron chi connectivity index (χ2n) is 4.89. The van der Waals surface area contributed by atoms with Crippen molar-refractivity contribution in [3.8, 4) is 5.75 Å². The predicted molar refractivity (Wildman–Crippen MR) is 87.4 cm³/mol. The smallest absolute Gasteiger partial charge is 0.309 e. The maximum Gasteiger partial charge on any atom is 0.309 e. The predicted octanol–water partition coefficient (Wildman–Crippen LogP) is 3.47. The lowest BCUT2D eigenvalue weighted by Crippen LogP contribution is -2.06. The van der Waals surface area contributed by atoms with Crippen LogP contribution in [0.2, 0.25) is 0 Å². The Bertz CT molecular complexity index is 882. The van der Waals surface area contributed by atoms with Gasteiger partial charge in [-0.1, -0.05) is 6.07 Å². The Morgan fingerprint density at radius 2 is 1.60 bits per heavy atom. The first kappa shape index (κ1) is 17.6. The van der Waals surface area contributed by atoms with E-state index in [0.717, 1.165) is 6.92 Å². The molecule has 2 aromatic rings. The first-order chi connectivity index (χ1) is 11.8. The van der Waals surface area contributed by atoms with Crippen LogP contribution in [0.15, 0.2) is 30.3 Å². The summed E-state index contributed by atoms with van der Waals surface area (Å²) in [6.07, 6.45) is 0. The number of ether oxygens (including phenoxy) is 1. The zero-order chi connectivity index (χ0) is 18.7. The molecule has 0 fully saturated rings. The molecule has 0 heterocycles. The number of rotatable bonds is 6. The Morgan fingerprint density at radius 3 is 2.12 bits per heavy atom. The number of nitro groups is 3. The maximum atomic E-state index is 11.4. The van der Waals surface area contributed by atoms with E-state index in [1.165, 1.54) is 19.2 Å². The first-order valence-electron chi connectivity index (χ1n) is 6.78. The molecule has 2 rings (SSSR count). The summed E-state index contributed by atoms with van der Waals surface area (Å²) in [4.78, 5) is 31.0. The van der Waals surface area contributed by atoms with Gasteiger partial charge in [-0.15, -0.1) is 0 Å². The minimum atomic E-state index is -0.915. The monoisotopic (exact) mass is 348 g/mol. The van der Waals surface area contributed by atoms with Crippen molar-refractivity contribution < 1.29 is 19.5 Å². The molecule has 0 radical (unpaired) electrons. The van der Waals surface area contributed by atoms with E-state index in [4.69, 9.17) is 4.74 Å². The number of benzene rings is 2. The second kappa shape index (κ2) is 6.78. The number of hydrogen-bond donors (Lipinski definition) is 1. The molecular formula is C14H12N4O7. The van der Waals surface area contributed by atoms with Gasteiger partial charge in [0, 0.05) is 11.8 Å². The highest BCUT2D eigenvalue weighted by atomic mass is 16.6. The number of nitrogens with one attached hydrogen (secondary N) is 1. The van der Waals surface area contributed by atoms with Crippen LogP contribution in [0.4, 0.5) is 28.4 Å². The van der Waals surface area contributed by atoms with E-state index >= 15 is 0 Å². The van der Waals surface area contributed by atoms with E-state index in [-0.39, 0.29) is 5.56 Å². The molecule has 11 nitrogen and oxygen atoms in total. The van der Waals surface area contributed by atoms with E-state index in [0.29, 0.717) is 17.5 Å². The summed E-state index contributed by atoms with van der Waals surface area (Å²) in [6, 6.07) is 6.90. The Hall–Kier alpha value is -3.76. The Labute approximate surface area is 140 Å². The average Bonchev–Trinajstić information content (AvgIpc) is 2.54. The fraction of sp³-hybridized carbons (Fsp3) is 0.143. The van der Waals surface area contributed by atoms with E-state index in [9.17, 15) is 30.3 Å². The van der Waals surface area contributed by atoms with Crippen LogP contribution in [0.3, 0.4) is 0 Å². The van der Waals surface area contributed by atoms with Crippen molar-refractivity contribution >= 4 is 28.4 Å². The van der Waals surface area contributed by atoms with Crippen LogP contribution in [-0.2, 0) is 0 Å². The SMILES string of the molecule is COc1cccc(Nc2c([N+](=O)[O-])cc([N+](=O)[O-])c(C)c2[N+](=O)[O-])c1. The molecule has 0 unspecified atom stereocenters.